The maximum atomic E-state index is 14.1. The van der Waals surface area contributed by atoms with Gasteiger partial charge in [0.2, 0.25) is 5.91 Å². The Morgan fingerprint density at radius 3 is 2.63 bits per heavy atom. The van der Waals surface area contributed by atoms with Gasteiger partial charge < -0.3 is 5.32 Å². The van der Waals surface area contributed by atoms with Gasteiger partial charge in [0.25, 0.3) is 0 Å². The van der Waals surface area contributed by atoms with Crippen molar-refractivity contribution in [3.05, 3.63) is 53.3 Å². The molecule has 5 nitrogen and oxygen atoms in total. The molecule has 0 spiro atoms. The zero-order chi connectivity index (χ0) is 19.2. The molecule has 0 saturated carbocycles. The molecule has 0 fully saturated rings. The highest BCUT2D eigenvalue weighted by Gasteiger charge is 2.15. The van der Waals surface area contributed by atoms with Crippen LogP contribution in [0, 0.1) is 12.7 Å². The van der Waals surface area contributed by atoms with Crippen molar-refractivity contribution in [1.82, 2.24) is 15.0 Å². The van der Waals surface area contributed by atoms with Crippen molar-refractivity contribution < 1.29 is 9.18 Å². The molecule has 1 heterocycles. The molecule has 1 N–H and O–H groups in total. The van der Waals surface area contributed by atoms with Gasteiger partial charge in [-0.25, -0.2) is 4.39 Å². The number of rotatable bonds is 8. The number of anilines is 1. The summed E-state index contributed by atoms with van der Waals surface area (Å²) < 4.78 is 14.1. The van der Waals surface area contributed by atoms with Crippen molar-refractivity contribution in [2.45, 2.75) is 52.5 Å². The third kappa shape index (κ3) is 4.70. The van der Waals surface area contributed by atoms with Crippen LogP contribution in [0.4, 0.5) is 10.1 Å². The summed E-state index contributed by atoms with van der Waals surface area (Å²) in [6.07, 6.45) is 4.62. The van der Waals surface area contributed by atoms with Crippen LogP contribution in [0.1, 0.15) is 43.7 Å². The molecule has 0 aliphatic heterocycles. The van der Waals surface area contributed by atoms with E-state index in [2.05, 4.69) is 22.4 Å². The van der Waals surface area contributed by atoms with Crippen LogP contribution in [-0.4, -0.2) is 20.9 Å². The summed E-state index contributed by atoms with van der Waals surface area (Å²) in [4.78, 5) is 14.0. The third-order valence-corrected chi connectivity index (χ3v) is 4.63. The third-order valence-electron chi connectivity index (χ3n) is 4.63. The monoisotopic (exact) mass is 368 g/mol. The molecule has 0 radical (unpaired) electrons. The minimum absolute atomic E-state index is 0.158. The van der Waals surface area contributed by atoms with E-state index >= 15 is 0 Å². The fourth-order valence-corrected chi connectivity index (χ4v) is 3.06. The number of halogens is 1. The van der Waals surface area contributed by atoms with E-state index < -0.39 is 5.82 Å². The number of aryl methyl sites for hydroxylation is 2. The number of nitrogens with one attached hydrogen (secondary N) is 1. The molecule has 0 aliphatic rings. The minimum Gasteiger partial charge on any atom is -0.324 e. The smallest absolute Gasteiger partial charge is 0.228 e. The summed E-state index contributed by atoms with van der Waals surface area (Å²) in [5.41, 5.74) is 3.11. The van der Waals surface area contributed by atoms with E-state index in [9.17, 15) is 9.18 Å². The molecule has 0 saturated heterocycles. The number of nitrogens with zero attached hydrogens (tertiary/aromatic N) is 3. The van der Waals surface area contributed by atoms with Gasteiger partial charge >= 0.3 is 0 Å². The van der Waals surface area contributed by atoms with Crippen LogP contribution in [0.3, 0.4) is 0 Å². The maximum Gasteiger partial charge on any atom is 0.228 e. The second-order valence-electron chi connectivity index (χ2n) is 6.80. The van der Waals surface area contributed by atoms with Gasteiger partial charge in [-0.05, 0) is 36.6 Å². The highest BCUT2D eigenvalue weighted by atomic mass is 19.1. The lowest BCUT2D eigenvalue weighted by atomic mass is 10.1. The van der Waals surface area contributed by atoms with Crippen molar-refractivity contribution in [3.63, 3.8) is 0 Å². The Bertz CT molecular complexity index is 935. The Morgan fingerprint density at radius 1 is 1.07 bits per heavy atom. The first-order chi connectivity index (χ1) is 13.1. The van der Waals surface area contributed by atoms with Gasteiger partial charge in [-0.2, -0.15) is 15.0 Å². The molecule has 2 aromatic carbocycles. The number of unbranched alkanes of at least 4 members (excludes halogenated alkanes) is 3. The van der Waals surface area contributed by atoms with Crippen LogP contribution in [0.25, 0.3) is 11.0 Å². The van der Waals surface area contributed by atoms with E-state index in [1.807, 2.05) is 31.2 Å². The Kier molecular flexibility index (Phi) is 6.16. The molecule has 1 amide bonds. The first kappa shape index (κ1) is 19.0. The Labute approximate surface area is 158 Å². The number of benzene rings is 2. The Morgan fingerprint density at radius 2 is 1.85 bits per heavy atom. The number of aromatic nitrogens is 3. The number of carbonyl (C=O) groups excluding carboxylic acids is 1. The van der Waals surface area contributed by atoms with Crippen molar-refractivity contribution >= 4 is 22.6 Å². The lowest BCUT2D eigenvalue weighted by molar-refractivity contribution is -0.115. The molecule has 1 aromatic heterocycles. The first-order valence-corrected chi connectivity index (χ1v) is 9.46. The summed E-state index contributed by atoms with van der Waals surface area (Å²) >= 11 is 0. The molecule has 0 unspecified atom stereocenters. The Balaban J connectivity index is 1.75. The highest BCUT2D eigenvalue weighted by molar-refractivity contribution is 6.00. The molecule has 6 heteroatoms. The van der Waals surface area contributed by atoms with E-state index in [1.165, 1.54) is 10.9 Å². The van der Waals surface area contributed by atoms with E-state index in [1.54, 1.807) is 6.07 Å². The molecular formula is C21H25FN4O. The SMILES string of the molecule is CCCCCCn1nc2c(F)ccc(NC(=O)Cc3ccccc3C)c2n1. The van der Waals surface area contributed by atoms with Gasteiger partial charge in [-0.1, -0.05) is 50.5 Å². The molecule has 27 heavy (non-hydrogen) atoms. The second kappa shape index (κ2) is 8.75. The summed E-state index contributed by atoms with van der Waals surface area (Å²) in [6, 6.07) is 10.6. The molecule has 0 atom stereocenters. The van der Waals surface area contributed by atoms with Gasteiger partial charge in [-0.3, -0.25) is 4.79 Å². The van der Waals surface area contributed by atoms with Gasteiger partial charge in [0.15, 0.2) is 11.3 Å². The fraction of sp³-hybridized carbons (Fsp3) is 0.381. The van der Waals surface area contributed by atoms with Crippen LogP contribution in [0.2, 0.25) is 0 Å². The highest BCUT2D eigenvalue weighted by Crippen LogP contribution is 2.23. The quantitative estimate of drug-likeness (QED) is 0.589. The summed E-state index contributed by atoms with van der Waals surface area (Å²) in [5, 5.41) is 11.5. The van der Waals surface area contributed by atoms with E-state index in [4.69, 9.17) is 0 Å². The second-order valence-corrected chi connectivity index (χ2v) is 6.80. The van der Waals surface area contributed by atoms with E-state index in [-0.39, 0.29) is 17.8 Å². The lowest BCUT2D eigenvalue weighted by Crippen LogP contribution is -2.15. The molecule has 3 rings (SSSR count). The fourth-order valence-electron chi connectivity index (χ4n) is 3.06. The first-order valence-electron chi connectivity index (χ1n) is 9.46. The summed E-state index contributed by atoms with van der Waals surface area (Å²) in [7, 11) is 0. The Hall–Kier alpha value is -2.76. The van der Waals surface area contributed by atoms with Gasteiger partial charge in [0, 0.05) is 0 Å². The van der Waals surface area contributed by atoms with Crippen molar-refractivity contribution in [2.24, 2.45) is 0 Å². The topological polar surface area (TPSA) is 59.8 Å². The summed E-state index contributed by atoms with van der Waals surface area (Å²) in [6.45, 7) is 4.77. The molecule has 3 aromatic rings. The van der Waals surface area contributed by atoms with Crippen LogP contribution in [0.5, 0.6) is 0 Å². The van der Waals surface area contributed by atoms with E-state index in [0.29, 0.717) is 17.7 Å². The van der Waals surface area contributed by atoms with Gasteiger partial charge in [-0.15, -0.1) is 0 Å². The number of amides is 1. The molecule has 0 aliphatic carbocycles. The zero-order valence-electron chi connectivity index (χ0n) is 15.8. The average Bonchev–Trinajstić information content (AvgIpc) is 3.08. The molecule has 0 bridgehead atoms. The molecule has 142 valence electrons. The van der Waals surface area contributed by atoms with Crippen LogP contribution < -0.4 is 5.32 Å². The van der Waals surface area contributed by atoms with Gasteiger partial charge in [0.1, 0.15) is 5.52 Å². The minimum atomic E-state index is -0.429. The predicted octanol–water partition coefficient (Wildman–Crippen LogP) is 4.64. The summed E-state index contributed by atoms with van der Waals surface area (Å²) in [5.74, 6) is -0.587. The average molecular weight is 368 g/mol. The number of hydrogen-bond donors (Lipinski definition) is 1. The van der Waals surface area contributed by atoms with Gasteiger partial charge in [0.05, 0.1) is 18.7 Å². The normalized spacial score (nSPS) is 11.1. The van der Waals surface area contributed by atoms with Crippen molar-refractivity contribution in [1.29, 1.82) is 0 Å². The predicted molar refractivity (Wildman–Crippen MR) is 105 cm³/mol. The van der Waals surface area contributed by atoms with Crippen LogP contribution in [-0.2, 0) is 17.8 Å². The largest absolute Gasteiger partial charge is 0.324 e. The van der Waals surface area contributed by atoms with Crippen molar-refractivity contribution in [2.75, 3.05) is 5.32 Å². The number of fused-ring (bicyclic) bond motifs is 1. The van der Waals surface area contributed by atoms with Crippen molar-refractivity contribution in [3.8, 4) is 0 Å². The number of carbonyl (C=O) groups is 1. The standard InChI is InChI=1S/C21H25FN4O/c1-3-4-5-8-13-26-24-20-17(22)11-12-18(21(20)25-26)23-19(27)14-16-10-7-6-9-15(16)2/h6-7,9-12H,3-5,8,13-14H2,1-2H3,(H,23,27). The van der Waals surface area contributed by atoms with Crippen LogP contribution >= 0.6 is 0 Å². The van der Waals surface area contributed by atoms with E-state index in [0.717, 1.165) is 36.8 Å². The number of hydrogen-bond acceptors (Lipinski definition) is 3. The molecular weight excluding hydrogens is 343 g/mol. The maximum absolute atomic E-state index is 14.1. The lowest BCUT2D eigenvalue weighted by Gasteiger charge is -2.07. The zero-order valence-corrected chi connectivity index (χ0v) is 15.8. The van der Waals surface area contributed by atoms with Crippen LogP contribution in [0.15, 0.2) is 36.4 Å².